The quantitative estimate of drug-likeness (QED) is 0.726. The van der Waals surface area contributed by atoms with Crippen LogP contribution < -0.4 is 4.74 Å². The molecule has 2 aromatic carbocycles. The van der Waals surface area contributed by atoms with Crippen LogP contribution in [0.2, 0.25) is 0 Å². The molecule has 0 aliphatic carbocycles. The second-order valence-corrected chi connectivity index (χ2v) is 7.60. The topological polar surface area (TPSA) is 76.0 Å². The fourth-order valence-corrected chi connectivity index (χ4v) is 2.66. The lowest BCUT2D eigenvalue weighted by Crippen LogP contribution is -2.20. The van der Waals surface area contributed by atoms with Crippen molar-refractivity contribution in [1.29, 1.82) is 0 Å². The summed E-state index contributed by atoms with van der Waals surface area (Å²) in [4.78, 5) is 11.4. The number of esters is 1. The van der Waals surface area contributed by atoms with Crippen molar-refractivity contribution in [2.45, 2.75) is 44.8 Å². The minimum Gasteiger partial charge on any atom is -0.491 e. The summed E-state index contributed by atoms with van der Waals surface area (Å²) < 4.78 is 10.2. The number of benzene rings is 2. The number of aliphatic hydroxyl groups excluding tert-OH is 2. The van der Waals surface area contributed by atoms with Crippen LogP contribution in [0.4, 0.5) is 0 Å². The summed E-state index contributed by atoms with van der Waals surface area (Å²) in [5.41, 5.74) is 2.45. The molecule has 0 aliphatic heterocycles. The Bertz CT molecular complexity index is 729. The maximum Gasteiger partial charge on any atom is 0.337 e. The Hall–Kier alpha value is -2.37. The maximum atomic E-state index is 11.4. The summed E-state index contributed by atoms with van der Waals surface area (Å²) in [6, 6.07) is 14.3. The van der Waals surface area contributed by atoms with E-state index in [0.29, 0.717) is 11.3 Å². The Morgan fingerprint density at radius 3 is 2.11 bits per heavy atom. The Kier molecular flexibility index (Phi) is 6.99. The van der Waals surface area contributed by atoms with E-state index in [1.807, 2.05) is 24.3 Å². The fraction of sp³-hybridized carbons (Fsp3) is 0.409. The molecule has 5 heteroatoms. The van der Waals surface area contributed by atoms with Crippen LogP contribution >= 0.6 is 0 Å². The zero-order chi connectivity index (χ0) is 20.0. The second kappa shape index (κ2) is 9.02. The maximum absolute atomic E-state index is 11.4. The van der Waals surface area contributed by atoms with Crippen LogP contribution in [-0.4, -0.2) is 36.0 Å². The first-order valence-electron chi connectivity index (χ1n) is 8.98. The molecule has 2 atom stereocenters. The smallest absolute Gasteiger partial charge is 0.337 e. The molecule has 0 radical (unpaired) electrons. The van der Waals surface area contributed by atoms with Crippen LogP contribution in [0.3, 0.4) is 0 Å². The molecule has 5 nitrogen and oxygen atoms in total. The zero-order valence-electron chi connectivity index (χ0n) is 16.3. The van der Waals surface area contributed by atoms with Crippen LogP contribution in [0.5, 0.6) is 5.75 Å². The molecule has 27 heavy (non-hydrogen) atoms. The van der Waals surface area contributed by atoms with Crippen molar-refractivity contribution in [2.24, 2.45) is 0 Å². The van der Waals surface area contributed by atoms with Gasteiger partial charge < -0.3 is 19.7 Å². The predicted molar refractivity (Wildman–Crippen MR) is 104 cm³/mol. The first-order valence-corrected chi connectivity index (χ1v) is 8.98. The van der Waals surface area contributed by atoms with E-state index in [-0.39, 0.29) is 18.4 Å². The summed E-state index contributed by atoms with van der Waals surface area (Å²) in [5.74, 6) is 0.118. The van der Waals surface area contributed by atoms with Crippen LogP contribution in [0.1, 0.15) is 54.8 Å². The third-order valence-corrected chi connectivity index (χ3v) is 4.37. The van der Waals surface area contributed by atoms with Crippen molar-refractivity contribution in [3.05, 3.63) is 65.2 Å². The molecule has 0 saturated heterocycles. The van der Waals surface area contributed by atoms with Gasteiger partial charge in [0, 0.05) is 6.42 Å². The van der Waals surface area contributed by atoms with Gasteiger partial charge in [-0.1, -0.05) is 45.0 Å². The molecule has 2 unspecified atom stereocenters. The van der Waals surface area contributed by atoms with Crippen molar-refractivity contribution in [3.8, 4) is 5.75 Å². The SMILES string of the molecule is COC(=O)c1ccc(OCC(O)CC(O)c2ccc(C(C)(C)C)cc2)cc1. The molecule has 0 spiro atoms. The number of hydrogen-bond donors (Lipinski definition) is 2. The standard InChI is InChI=1S/C22H28O5/c1-22(2,3)17-9-5-15(6-10-17)20(24)13-18(23)14-27-19-11-7-16(8-12-19)21(25)26-4/h5-12,18,20,23-24H,13-14H2,1-4H3. The van der Waals surface area contributed by atoms with Gasteiger partial charge in [0.2, 0.25) is 0 Å². The highest BCUT2D eigenvalue weighted by Crippen LogP contribution is 2.25. The summed E-state index contributed by atoms with van der Waals surface area (Å²) in [6.07, 6.45) is -1.41. The molecule has 0 bridgehead atoms. The molecule has 0 aromatic heterocycles. The van der Waals surface area contributed by atoms with Crippen molar-refractivity contribution in [1.82, 2.24) is 0 Å². The third-order valence-electron chi connectivity index (χ3n) is 4.37. The Balaban J connectivity index is 1.86. The lowest BCUT2D eigenvalue weighted by atomic mass is 9.86. The number of rotatable bonds is 7. The predicted octanol–water partition coefficient (Wildman–Crippen LogP) is 3.63. The molecule has 0 aliphatic rings. The Morgan fingerprint density at radius 1 is 1.00 bits per heavy atom. The monoisotopic (exact) mass is 372 g/mol. The highest BCUT2D eigenvalue weighted by atomic mass is 16.5. The third kappa shape index (κ3) is 6.08. The van der Waals surface area contributed by atoms with Crippen LogP contribution in [0.15, 0.2) is 48.5 Å². The number of aliphatic hydroxyl groups is 2. The van der Waals surface area contributed by atoms with Gasteiger partial charge in [0.1, 0.15) is 12.4 Å². The van der Waals surface area contributed by atoms with Gasteiger partial charge in [-0.05, 0) is 40.8 Å². The molecule has 0 heterocycles. The molecule has 2 N–H and O–H groups in total. The van der Waals surface area contributed by atoms with Crippen LogP contribution in [0, 0.1) is 0 Å². The first kappa shape index (κ1) is 20.9. The second-order valence-electron chi connectivity index (χ2n) is 7.60. The molecule has 0 saturated carbocycles. The summed E-state index contributed by atoms with van der Waals surface area (Å²) in [7, 11) is 1.32. The van der Waals surface area contributed by atoms with Crippen LogP contribution in [-0.2, 0) is 10.2 Å². The van der Waals surface area contributed by atoms with E-state index < -0.39 is 18.2 Å². The van der Waals surface area contributed by atoms with Gasteiger partial charge in [0.05, 0.1) is 24.9 Å². The molecule has 146 valence electrons. The van der Waals surface area contributed by atoms with Crippen molar-refractivity contribution >= 4 is 5.97 Å². The Morgan fingerprint density at radius 2 is 1.59 bits per heavy atom. The van der Waals surface area contributed by atoms with Crippen LogP contribution in [0.25, 0.3) is 0 Å². The highest BCUT2D eigenvalue weighted by molar-refractivity contribution is 5.89. The minimum absolute atomic E-state index is 0.0503. The number of carbonyl (C=O) groups is 1. The van der Waals surface area contributed by atoms with E-state index in [2.05, 4.69) is 25.5 Å². The van der Waals surface area contributed by atoms with E-state index >= 15 is 0 Å². The largest absolute Gasteiger partial charge is 0.491 e. The minimum atomic E-state index is -0.817. The van der Waals surface area contributed by atoms with E-state index in [4.69, 9.17) is 4.74 Å². The molecule has 0 amide bonds. The normalized spacial score (nSPS) is 13.7. The van der Waals surface area contributed by atoms with E-state index in [1.54, 1.807) is 24.3 Å². The highest BCUT2D eigenvalue weighted by Gasteiger charge is 2.17. The fourth-order valence-electron chi connectivity index (χ4n) is 2.66. The molecule has 2 rings (SSSR count). The summed E-state index contributed by atoms with van der Waals surface area (Å²) >= 11 is 0. The van der Waals surface area contributed by atoms with Crippen molar-refractivity contribution in [3.63, 3.8) is 0 Å². The number of methoxy groups -OCH3 is 1. The first-order chi connectivity index (χ1) is 12.7. The van der Waals surface area contributed by atoms with Gasteiger partial charge in [0.15, 0.2) is 0 Å². The van der Waals surface area contributed by atoms with E-state index in [1.165, 1.54) is 12.7 Å². The average Bonchev–Trinajstić information content (AvgIpc) is 2.65. The number of carbonyl (C=O) groups excluding carboxylic acids is 1. The van der Waals surface area contributed by atoms with Gasteiger partial charge in [-0.25, -0.2) is 4.79 Å². The molecule has 2 aromatic rings. The lowest BCUT2D eigenvalue weighted by Gasteiger charge is -2.21. The molecular formula is C22H28O5. The molecule has 0 fully saturated rings. The van der Waals surface area contributed by atoms with Crippen molar-refractivity contribution < 1.29 is 24.5 Å². The number of ether oxygens (including phenoxy) is 2. The van der Waals surface area contributed by atoms with Gasteiger partial charge >= 0.3 is 5.97 Å². The lowest BCUT2D eigenvalue weighted by molar-refractivity contribution is 0.0485. The summed E-state index contributed by atoms with van der Waals surface area (Å²) in [5, 5.41) is 20.5. The van der Waals surface area contributed by atoms with Gasteiger partial charge in [-0.15, -0.1) is 0 Å². The van der Waals surface area contributed by atoms with E-state index in [9.17, 15) is 15.0 Å². The van der Waals surface area contributed by atoms with Gasteiger partial charge in [-0.2, -0.15) is 0 Å². The summed E-state index contributed by atoms with van der Waals surface area (Å²) in [6.45, 7) is 6.46. The van der Waals surface area contributed by atoms with Crippen molar-refractivity contribution in [2.75, 3.05) is 13.7 Å². The average molecular weight is 372 g/mol. The molecular weight excluding hydrogens is 344 g/mol. The van der Waals surface area contributed by atoms with Gasteiger partial charge in [0.25, 0.3) is 0 Å². The Labute approximate surface area is 160 Å². The number of hydrogen-bond acceptors (Lipinski definition) is 5. The van der Waals surface area contributed by atoms with E-state index in [0.717, 1.165) is 5.56 Å². The zero-order valence-corrected chi connectivity index (χ0v) is 16.3. The van der Waals surface area contributed by atoms with Gasteiger partial charge in [-0.3, -0.25) is 0 Å².